The van der Waals surface area contributed by atoms with E-state index in [1.807, 2.05) is 12.1 Å². The molecular weight excluding hydrogens is 326 g/mol. The molecule has 1 heterocycles. The van der Waals surface area contributed by atoms with Gasteiger partial charge in [-0.2, -0.15) is 5.26 Å². The number of carbonyl (C=O) groups excluding carboxylic acids is 2. The molecular formula is C21H17N3O2. The van der Waals surface area contributed by atoms with Crippen molar-refractivity contribution in [2.24, 2.45) is 0 Å². The molecule has 5 nitrogen and oxygen atoms in total. The third kappa shape index (κ3) is 3.70. The first kappa shape index (κ1) is 17.2. The van der Waals surface area contributed by atoms with E-state index in [0.29, 0.717) is 28.8 Å². The molecule has 1 N–H and O–H groups in total. The molecule has 0 aliphatic carbocycles. The predicted molar refractivity (Wildman–Crippen MR) is 97.6 cm³/mol. The van der Waals surface area contributed by atoms with Crippen molar-refractivity contribution in [3.05, 3.63) is 94.8 Å². The monoisotopic (exact) mass is 343 g/mol. The smallest absolute Gasteiger partial charge is 0.253 e. The van der Waals surface area contributed by atoms with Gasteiger partial charge in [-0.05, 0) is 35.9 Å². The van der Waals surface area contributed by atoms with Crippen LogP contribution in [-0.2, 0) is 6.54 Å². The van der Waals surface area contributed by atoms with Crippen LogP contribution in [0.1, 0.15) is 37.4 Å². The van der Waals surface area contributed by atoms with Crippen molar-refractivity contribution in [1.29, 1.82) is 5.26 Å². The fourth-order valence-electron chi connectivity index (χ4n) is 2.65. The van der Waals surface area contributed by atoms with Gasteiger partial charge in [-0.3, -0.25) is 9.59 Å². The van der Waals surface area contributed by atoms with Crippen molar-refractivity contribution < 1.29 is 9.59 Å². The summed E-state index contributed by atoms with van der Waals surface area (Å²) in [6.45, 7) is 0.439. The van der Waals surface area contributed by atoms with E-state index in [9.17, 15) is 9.59 Å². The van der Waals surface area contributed by atoms with Crippen molar-refractivity contribution >= 4 is 11.7 Å². The molecule has 3 aromatic rings. The van der Waals surface area contributed by atoms with Gasteiger partial charge in [-0.1, -0.05) is 24.3 Å². The zero-order valence-corrected chi connectivity index (χ0v) is 14.3. The molecule has 128 valence electrons. The topological polar surface area (TPSA) is 77.0 Å². The molecule has 0 saturated heterocycles. The molecule has 0 aliphatic rings. The lowest BCUT2D eigenvalue weighted by atomic mass is 10.0. The molecule has 26 heavy (non-hydrogen) atoms. The summed E-state index contributed by atoms with van der Waals surface area (Å²) in [6, 6.07) is 17.6. The molecule has 5 heteroatoms. The summed E-state index contributed by atoms with van der Waals surface area (Å²) >= 11 is 0. The second-order valence-corrected chi connectivity index (χ2v) is 5.98. The molecule has 2 aromatic carbocycles. The summed E-state index contributed by atoms with van der Waals surface area (Å²) in [6.07, 6.45) is 3.34. The number of rotatable bonds is 5. The van der Waals surface area contributed by atoms with Gasteiger partial charge in [0.25, 0.3) is 5.91 Å². The second-order valence-electron chi connectivity index (χ2n) is 5.98. The Balaban J connectivity index is 1.68. The number of H-pyrrole nitrogens is 1. The van der Waals surface area contributed by atoms with Crippen LogP contribution in [0.3, 0.4) is 0 Å². The Morgan fingerprint density at radius 2 is 1.62 bits per heavy atom. The van der Waals surface area contributed by atoms with Crippen molar-refractivity contribution in [3.8, 4) is 6.07 Å². The number of benzene rings is 2. The molecule has 3 rings (SSSR count). The Labute approximate surface area is 151 Å². The number of ketones is 1. The van der Waals surface area contributed by atoms with Gasteiger partial charge in [0, 0.05) is 42.7 Å². The number of aromatic nitrogens is 1. The second kappa shape index (κ2) is 7.49. The van der Waals surface area contributed by atoms with E-state index < -0.39 is 0 Å². The number of hydrogen-bond donors (Lipinski definition) is 1. The van der Waals surface area contributed by atoms with Gasteiger partial charge in [-0.15, -0.1) is 0 Å². The van der Waals surface area contributed by atoms with Gasteiger partial charge >= 0.3 is 0 Å². The molecule has 0 aliphatic heterocycles. The van der Waals surface area contributed by atoms with E-state index in [1.54, 1.807) is 66.8 Å². The first-order valence-corrected chi connectivity index (χ1v) is 8.10. The third-order valence-corrected chi connectivity index (χ3v) is 4.10. The lowest BCUT2D eigenvalue weighted by Crippen LogP contribution is -2.26. The lowest BCUT2D eigenvalue weighted by molar-refractivity contribution is 0.0784. The van der Waals surface area contributed by atoms with E-state index in [4.69, 9.17) is 5.26 Å². The lowest BCUT2D eigenvalue weighted by Gasteiger charge is -2.17. The summed E-state index contributed by atoms with van der Waals surface area (Å²) in [5.41, 5.74) is 3.18. The highest BCUT2D eigenvalue weighted by atomic mass is 16.2. The highest BCUT2D eigenvalue weighted by Gasteiger charge is 2.14. The highest BCUT2D eigenvalue weighted by Crippen LogP contribution is 2.13. The molecule has 0 saturated carbocycles. The minimum atomic E-state index is -0.130. The summed E-state index contributed by atoms with van der Waals surface area (Å²) in [5, 5.41) is 8.83. The average molecular weight is 343 g/mol. The van der Waals surface area contributed by atoms with Crippen LogP contribution in [0.4, 0.5) is 0 Å². The Bertz CT molecular complexity index is 950. The number of nitriles is 1. The average Bonchev–Trinajstić information content (AvgIpc) is 3.22. The Morgan fingerprint density at radius 1 is 0.962 bits per heavy atom. The molecule has 1 aromatic heterocycles. The maximum atomic E-state index is 12.6. The zero-order chi connectivity index (χ0) is 18.5. The van der Waals surface area contributed by atoms with Crippen LogP contribution >= 0.6 is 0 Å². The predicted octanol–water partition coefficient (Wildman–Crippen LogP) is 3.39. The minimum Gasteiger partial charge on any atom is -0.367 e. The van der Waals surface area contributed by atoms with E-state index >= 15 is 0 Å². The van der Waals surface area contributed by atoms with Gasteiger partial charge in [0.1, 0.15) is 0 Å². The van der Waals surface area contributed by atoms with Crippen LogP contribution in [0.15, 0.2) is 67.0 Å². The zero-order valence-electron chi connectivity index (χ0n) is 14.3. The summed E-state index contributed by atoms with van der Waals surface area (Å²) in [7, 11) is 1.72. The maximum Gasteiger partial charge on any atom is 0.253 e. The van der Waals surface area contributed by atoms with Crippen molar-refractivity contribution in [1.82, 2.24) is 9.88 Å². The molecule has 1 amide bonds. The van der Waals surface area contributed by atoms with Crippen LogP contribution in [-0.4, -0.2) is 28.6 Å². The fourth-order valence-corrected chi connectivity index (χ4v) is 2.65. The number of carbonyl (C=O) groups is 2. The molecule has 0 atom stereocenters. The summed E-state index contributed by atoms with van der Waals surface area (Å²) in [5.74, 6) is -0.216. The van der Waals surface area contributed by atoms with Crippen LogP contribution in [0, 0.1) is 11.3 Å². The number of amides is 1. The van der Waals surface area contributed by atoms with Crippen LogP contribution in [0.5, 0.6) is 0 Å². The molecule has 0 radical (unpaired) electrons. The molecule has 0 fully saturated rings. The van der Waals surface area contributed by atoms with E-state index in [1.165, 1.54) is 0 Å². The van der Waals surface area contributed by atoms with Gasteiger partial charge in [0.15, 0.2) is 5.78 Å². The Kier molecular flexibility index (Phi) is 4.95. The first-order chi connectivity index (χ1) is 12.6. The third-order valence-electron chi connectivity index (χ3n) is 4.10. The van der Waals surface area contributed by atoms with E-state index in [0.717, 1.165) is 5.56 Å². The van der Waals surface area contributed by atoms with E-state index in [2.05, 4.69) is 11.1 Å². The van der Waals surface area contributed by atoms with Gasteiger partial charge in [-0.25, -0.2) is 0 Å². The van der Waals surface area contributed by atoms with Crippen molar-refractivity contribution in [3.63, 3.8) is 0 Å². The SMILES string of the molecule is CN(Cc1ccc(C#N)cc1)C(=O)c1ccc(C(=O)c2cc[nH]c2)cc1. The number of hydrogen-bond acceptors (Lipinski definition) is 3. The minimum absolute atomic E-state index is 0.0869. The van der Waals surface area contributed by atoms with Gasteiger partial charge in [0.2, 0.25) is 0 Å². The number of aromatic amines is 1. The quantitative estimate of drug-likeness (QED) is 0.721. The highest BCUT2D eigenvalue weighted by molar-refractivity contribution is 6.09. The maximum absolute atomic E-state index is 12.6. The standard InChI is InChI=1S/C21H17N3O2/c1-24(14-16-4-2-15(12-22)3-5-16)21(26)18-8-6-17(7-9-18)20(25)19-10-11-23-13-19/h2-11,13,23H,14H2,1H3. The fraction of sp³-hybridized carbons (Fsp3) is 0.0952. The molecule has 0 spiro atoms. The van der Waals surface area contributed by atoms with Gasteiger partial charge in [0.05, 0.1) is 11.6 Å². The molecule has 0 unspecified atom stereocenters. The van der Waals surface area contributed by atoms with Crippen LogP contribution < -0.4 is 0 Å². The van der Waals surface area contributed by atoms with E-state index in [-0.39, 0.29) is 11.7 Å². The van der Waals surface area contributed by atoms with Crippen molar-refractivity contribution in [2.45, 2.75) is 6.54 Å². The van der Waals surface area contributed by atoms with Crippen molar-refractivity contribution in [2.75, 3.05) is 7.05 Å². The number of nitrogens with one attached hydrogen (secondary N) is 1. The summed E-state index contributed by atoms with van der Waals surface area (Å²) < 4.78 is 0. The Hall–Kier alpha value is -3.65. The first-order valence-electron chi connectivity index (χ1n) is 8.10. The number of nitrogens with zero attached hydrogens (tertiary/aromatic N) is 2. The van der Waals surface area contributed by atoms with Crippen LogP contribution in [0.2, 0.25) is 0 Å². The van der Waals surface area contributed by atoms with Crippen LogP contribution in [0.25, 0.3) is 0 Å². The Morgan fingerprint density at radius 3 is 2.19 bits per heavy atom. The largest absolute Gasteiger partial charge is 0.367 e. The normalized spacial score (nSPS) is 10.2. The summed E-state index contributed by atoms with van der Waals surface area (Å²) in [4.78, 5) is 29.3. The molecule has 0 bridgehead atoms. The van der Waals surface area contributed by atoms with Gasteiger partial charge < -0.3 is 9.88 Å².